The molecule has 1 aliphatic heterocycles. The van der Waals surface area contributed by atoms with Crippen LogP contribution >= 0.6 is 0 Å². The van der Waals surface area contributed by atoms with E-state index in [-0.39, 0.29) is 6.10 Å². The lowest BCUT2D eigenvalue weighted by Gasteiger charge is -2.37. The van der Waals surface area contributed by atoms with Gasteiger partial charge in [-0.1, -0.05) is 0 Å². The highest BCUT2D eigenvalue weighted by molar-refractivity contribution is 5.89. The first-order valence-corrected chi connectivity index (χ1v) is 10.6. The number of pyridine rings is 1. The number of ether oxygens (including phenoxy) is 1. The Kier molecular flexibility index (Phi) is 4.97. The summed E-state index contributed by atoms with van der Waals surface area (Å²) in [6.45, 7) is 9.50. The molecule has 4 aromatic rings. The van der Waals surface area contributed by atoms with Crippen molar-refractivity contribution < 1.29 is 4.74 Å². The fraction of sp³-hybridized carbons (Fsp3) is 0.348. The monoisotopic (exact) mass is 415 g/mol. The van der Waals surface area contributed by atoms with Crippen LogP contribution in [0.4, 0.5) is 11.5 Å². The van der Waals surface area contributed by atoms with Crippen molar-refractivity contribution in [1.29, 1.82) is 0 Å². The molecule has 5 rings (SSSR count). The van der Waals surface area contributed by atoms with Crippen LogP contribution in [-0.4, -0.2) is 57.2 Å². The Morgan fingerprint density at radius 2 is 1.71 bits per heavy atom. The van der Waals surface area contributed by atoms with E-state index in [0.717, 1.165) is 65.3 Å². The van der Waals surface area contributed by atoms with E-state index in [0.29, 0.717) is 5.88 Å². The molecule has 0 unspecified atom stereocenters. The van der Waals surface area contributed by atoms with Crippen molar-refractivity contribution in [3.05, 3.63) is 48.8 Å². The average molecular weight is 416 g/mol. The van der Waals surface area contributed by atoms with Gasteiger partial charge in [-0.05, 0) is 45.0 Å². The van der Waals surface area contributed by atoms with Gasteiger partial charge in [0.15, 0.2) is 0 Å². The van der Waals surface area contributed by atoms with Crippen molar-refractivity contribution in [2.24, 2.45) is 0 Å². The summed E-state index contributed by atoms with van der Waals surface area (Å²) >= 11 is 0. The lowest BCUT2D eigenvalue weighted by Crippen LogP contribution is -2.47. The molecule has 1 aromatic carbocycles. The van der Waals surface area contributed by atoms with Crippen molar-refractivity contribution in [1.82, 2.24) is 24.9 Å². The smallest absolute Gasteiger partial charge is 0.224 e. The van der Waals surface area contributed by atoms with Crippen LogP contribution in [0, 0.1) is 6.92 Å². The summed E-state index contributed by atoms with van der Waals surface area (Å²) in [5.74, 6) is 2.39. The van der Waals surface area contributed by atoms with Gasteiger partial charge in [0.05, 0.1) is 28.7 Å². The summed E-state index contributed by atoms with van der Waals surface area (Å²) in [6, 6.07) is 8.30. The molecule has 31 heavy (non-hydrogen) atoms. The van der Waals surface area contributed by atoms with Crippen molar-refractivity contribution in [3.63, 3.8) is 0 Å². The van der Waals surface area contributed by atoms with Gasteiger partial charge in [-0.15, -0.1) is 0 Å². The second-order valence-electron chi connectivity index (χ2n) is 8.01. The summed E-state index contributed by atoms with van der Waals surface area (Å²) in [7, 11) is 0. The molecular formula is C23H25N7O. The van der Waals surface area contributed by atoms with Crippen molar-refractivity contribution in [2.75, 3.05) is 36.0 Å². The number of benzene rings is 1. The highest BCUT2D eigenvalue weighted by Gasteiger charge is 2.21. The largest absolute Gasteiger partial charge is 0.474 e. The van der Waals surface area contributed by atoms with Crippen LogP contribution in [0.15, 0.2) is 43.0 Å². The van der Waals surface area contributed by atoms with Crippen LogP contribution in [0.2, 0.25) is 0 Å². The molecular weight excluding hydrogens is 390 g/mol. The maximum atomic E-state index is 5.90. The van der Waals surface area contributed by atoms with Crippen molar-refractivity contribution in [3.8, 4) is 5.88 Å². The lowest BCUT2D eigenvalue weighted by molar-refractivity contribution is 0.235. The number of aromatic nitrogens is 5. The molecule has 0 N–H and O–H groups in total. The van der Waals surface area contributed by atoms with Gasteiger partial charge in [-0.2, -0.15) is 0 Å². The SMILES string of the molecule is Cc1nc(N2CCN(c3ccc4ncnc(OC(C)C)c4c3)CC2)c2ccncc2n1. The minimum atomic E-state index is 0.0617. The molecule has 1 saturated heterocycles. The average Bonchev–Trinajstić information content (AvgIpc) is 2.78. The molecule has 8 nitrogen and oxygen atoms in total. The number of piperazine rings is 1. The number of aryl methyl sites for hydroxylation is 1. The Morgan fingerprint density at radius 3 is 2.52 bits per heavy atom. The first-order chi connectivity index (χ1) is 15.1. The summed E-state index contributed by atoms with van der Waals surface area (Å²) in [6.07, 6.45) is 5.22. The molecule has 158 valence electrons. The summed E-state index contributed by atoms with van der Waals surface area (Å²) in [4.78, 5) is 26.9. The first kappa shape index (κ1) is 19.4. The zero-order valence-corrected chi connectivity index (χ0v) is 18.0. The molecule has 0 saturated carbocycles. The Balaban J connectivity index is 1.39. The molecule has 8 heteroatoms. The number of rotatable bonds is 4. The normalized spacial score (nSPS) is 14.6. The number of hydrogen-bond acceptors (Lipinski definition) is 8. The quantitative estimate of drug-likeness (QED) is 0.502. The number of anilines is 2. The topological polar surface area (TPSA) is 80.2 Å². The Labute approximate surface area is 180 Å². The summed E-state index contributed by atoms with van der Waals surface area (Å²) in [5, 5.41) is 1.99. The third-order valence-corrected chi connectivity index (χ3v) is 5.46. The Hall–Kier alpha value is -3.55. The molecule has 0 radical (unpaired) electrons. The van der Waals surface area contributed by atoms with Crippen molar-refractivity contribution in [2.45, 2.75) is 26.9 Å². The van der Waals surface area contributed by atoms with Gasteiger partial charge in [0.25, 0.3) is 0 Å². The van der Waals surface area contributed by atoms with Gasteiger partial charge in [0.1, 0.15) is 18.0 Å². The molecule has 0 aliphatic carbocycles. The minimum Gasteiger partial charge on any atom is -0.474 e. The van der Waals surface area contributed by atoms with Crippen LogP contribution in [-0.2, 0) is 0 Å². The van der Waals surface area contributed by atoms with E-state index in [4.69, 9.17) is 9.72 Å². The van der Waals surface area contributed by atoms with E-state index in [1.807, 2.05) is 32.9 Å². The van der Waals surface area contributed by atoms with Gasteiger partial charge >= 0.3 is 0 Å². The van der Waals surface area contributed by atoms with Gasteiger partial charge in [0, 0.05) is 43.4 Å². The second-order valence-corrected chi connectivity index (χ2v) is 8.01. The lowest BCUT2D eigenvalue weighted by atomic mass is 10.1. The summed E-state index contributed by atoms with van der Waals surface area (Å²) < 4.78 is 5.90. The first-order valence-electron chi connectivity index (χ1n) is 10.6. The minimum absolute atomic E-state index is 0.0617. The Bertz CT molecular complexity index is 1240. The zero-order chi connectivity index (χ0) is 21.4. The molecule has 0 atom stereocenters. The van der Waals surface area contributed by atoms with E-state index in [1.54, 1.807) is 18.7 Å². The van der Waals surface area contributed by atoms with Crippen LogP contribution in [0.25, 0.3) is 21.8 Å². The van der Waals surface area contributed by atoms with Crippen LogP contribution < -0.4 is 14.5 Å². The fourth-order valence-corrected chi connectivity index (χ4v) is 4.03. The van der Waals surface area contributed by atoms with Gasteiger partial charge in [-0.3, -0.25) is 4.98 Å². The Morgan fingerprint density at radius 1 is 0.903 bits per heavy atom. The highest BCUT2D eigenvalue weighted by atomic mass is 16.5. The van der Waals surface area contributed by atoms with Crippen LogP contribution in [0.1, 0.15) is 19.7 Å². The van der Waals surface area contributed by atoms with E-state index in [2.05, 4.69) is 41.9 Å². The molecule has 3 aromatic heterocycles. The molecule has 0 bridgehead atoms. The standard InChI is InChI=1S/C23H25N7O/c1-15(2)31-23-19-12-17(4-5-20(19)25-14-26-23)29-8-10-30(11-9-29)22-18-6-7-24-13-21(18)27-16(3)28-22/h4-7,12-15H,8-11H2,1-3H3. The van der Waals surface area contributed by atoms with E-state index >= 15 is 0 Å². The third-order valence-electron chi connectivity index (χ3n) is 5.46. The molecule has 0 amide bonds. The highest BCUT2D eigenvalue weighted by Crippen LogP contribution is 2.29. The molecule has 0 spiro atoms. The number of nitrogens with zero attached hydrogens (tertiary/aromatic N) is 7. The zero-order valence-electron chi connectivity index (χ0n) is 18.0. The second kappa shape index (κ2) is 7.94. The van der Waals surface area contributed by atoms with Gasteiger partial charge in [-0.25, -0.2) is 19.9 Å². The van der Waals surface area contributed by atoms with Gasteiger partial charge in [0.2, 0.25) is 5.88 Å². The summed E-state index contributed by atoms with van der Waals surface area (Å²) in [5.41, 5.74) is 2.94. The maximum absolute atomic E-state index is 5.90. The maximum Gasteiger partial charge on any atom is 0.224 e. The predicted molar refractivity (Wildman–Crippen MR) is 122 cm³/mol. The number of fused-ring (bicyclic) bond motifs is 2. The van der Waals surface area contributed by atoms with Gasteiger partial charge < -0.3 is 14.5 Å². The van der Waals surface area contributed by atoms with E-state index < -0.39 is 0 Å². The van der Waals surface area contributed by atoms with E-state index in [9.17, 15) is 0 Å². The molecule has 4 heterocycles. The van der Waals surface area contributed by atoms with Crippen LogP contribution in [0.5, 0.6) is 5.88 Å². The van der Waals surface area contributed by atoms with Crippen molar-refractivity contribution >= 4 is 33.3 Å². The van der Waals surface area contributed by atoms with E-state index in [1.165, 1.54) is 0 Å². The molecule has 1 fully saturated rings. The predicted octanol–water partition coefficient (Wildman–Crippen LogP) is 3.39. The third kappa shape index (κ3) is 3.81. The fourth-order valence-electron chi connectivity index (χ4n) is 4.03. The van der Waals surface area contributed by atoms with Crippen LogP contribution in [0.3, 0.4) is 0 Å². The number of hydrogen-bond donors (Lipinski definition) is 0. The molecule has 1 aliphatic rings.